The van der Waals surface area contributed by atoms with Gasteiger partial charge in [-0.2, -0.15) is 5.10 Å². The topological polar surface area (TPSA) is 99.3 Å². The average molecular weight is 446 g/mol. The molecule has 0 spiro atoms. The molecule has 3 aromatic rings. The van der Waals surface area contributed by atoms with Crippen molar-refractivity contribution in [1.29, 1.82) is 0 Å². The number of aryl methyl sites for hydroxylation is 2. The van der Waals surface area contributed by atoms with Gasteiger partial charge in [0.1, 0.15) is 0 Å². The molecule has 3 amide bonds. The molecule has 170 valence electrons. The van der Waals surface area contributed by atoms with E-state index in [2.05, 4.69) is 15.2 Å². The Morgan fingerprint density at radius 1 is 1.18 bits per heavy atom. The zero-order chi connectivity index (χ0) is 23.6. The van der Waals surface area contributed by atoms with Crippen LogP contribution in [0.15, 0.2) is 54.9 Å². The lowest BCUT2D eigenvalue weighted by Gasteiger charge is -2.30. The number of aromatic amines is 1. The van der Waals surface area contributed by atoms with Gasteiger partial charge in [0, 0.05) is 38.0 Å². The molecule has 33 heavy (non-hydrogen) atoms. The second kappa shape index (κ2) is 8.97. The van der Waals surface area contributed by atoms with Gasteiger partial charge >= 0.3 is 0 Å². The third kappa shape index (κ3) is 4.41. The van der Waals surface area contributed by atoms with Gasteiger partial charge in [0.2, 0.25) is 17.7 Å². The SMILES string of the molecule is Cc1cc(CN(C)C(=O)C[C@]2(c3ccccc3C)CC(=O)N(Cc3cccnc3)C2=O)n[nH]1. The van der Waals surface area contributed by atoms with E-state index in [1.54, 1.807) is 30.4 Å². The van der Waals surface area contributed by atoms with Gasteiger partial charge in [-0.05, 0) is 42.7 Å². The molecule has 1 fully saturated rings. The maximum atomic E-state index is 13.8. The summed E-state index contributed by atoms with van der Waals surface area (Å²) in [4.78, 5) is 47.1. The standard InChI is InChI=1S/C25H27N5O3/c1-17-7-4-5-9-21(17)25(12-22(31)29(3)16-20-11-18(2)27-28-20)13-23(32)30(24(25)33)15-19-8-6-10-26-14-19/h4-11,14H,12-13,15-16H2,1-3H3,(H,27,28)/t25-/m1/s1. The predicted molar refractivity (Wildman–Crippen MR) is 122 cm³/mol. The second-order valence-corrected chi connectivity index (χ2v) is 8.69. The van der Waals surface area contributed by atoms with Crippen molar-refractivity contribution in [2.24, 2.45) is 0 Å². The highest BCUT2D eigenvalue weighted by Crippen LogP contribution is 2.42. The zero-order valence-corrected chi connectivity index (χ0v) is 19.0. The van der Waals surface area contributed by atoms with Gasteiger partial charge in [-0.3, -0.25) is 29.4 Å². The molecule has 1 aromatic carbocycles. The quantitative estimate of drug-likeness (QED) is 0.564. The molecule has 1 aliphatic rings. The molecule has 0 unspecified atom stereocenters. The van der Waals surface area contributed by atoms with Crippen molar-refractivity contribution in [2.75, 3.05) is 7.05 Å². The minimum Gasteiger partial charge on any atom is -0.340 e. The molecule has 2 aromatic heterocycles. The van der Waals surface area contributed by atoms with Crippen LogP contribution in [-0.4, -0.2) is 49.8 Å². The molecule has 1 N–H and O–H groups in total. The summed E-state index contributed by atoms with van der Waals surface area (Å²) in [6.07, 6.45) is 3.15. The number of amides is 3. The summed E-state index contributed by atoms with van der Waals surface area (Å²) in [5, 5.41) is 7.06. The fraction of sp³-hybridized carbons (Fsp3) is 0.320. The number of nitrogens with zero attached hydrogens (tertiary/aromatic N) is 4. The summed E-state index contributed by atoms with van der Waals surface area (Å²) in [6.45, 7) is 4.24. The minimum atomic E-state index is -1.24. The normalized spacial score (nSPS) is 18.1. The molecule has 0 bridgehead atoms. The monoisotopic (exact) mass is 445 g/mol. The molecule has 8 nitrogen and oxygen atoms in total. The number of carbonyl (C=O) groups is 3. The fourth-order valence-corrected chi connectivity index (χ4v) is 4.47. The van der Waals surface area contributed by atoms with Crippen LogP contribution in [0, 0.1) is 13.8 Å². The molecule has 8 heteroatoms. The fourth-order valence-electron chi connectivity index (χ4n) is 4.47. The Labute approximate surface area is 192 Å². The first kappa shape index (κ1) is 22.4. The zero-order valence-electron chi connectivity index (χ0n) is 19.0. The van der Waals surface area contributed by atoms with E-state index >= 15 is 0 Å². The first-order chi connectivity index (χ1) is 15.8. The summed E-state index contributed by atoms with van der Waals surface area (Å²) in [7, 11) is 1.69. The van der Waals surface area contributed by atoms with E-state index in [-0.39, 0.29) is 37.1 Å². The Bertz CT molecular complexity index is 1190. The van der Waals surface area contributed by atoms with Gasteiger partial charge < -0.3 is 4.90 Å². The van der Waals surface area contributed by atoms with Crippen molar-refractivity contribution in [2.45, 2.75) is 45.2 Å². The van der Waals surface area contributed by atoms with Gasteiger partial charge in [0.05, 0.1) is 24.2 Å². The van der Waals surface area contributed by atoms with Crippen molar-refractivity contribution in [3.63, 3.8) is 0 Å². The summed E-state index contributed by atoms with van der Waals surface area (Å²) in [5.74, 6) is -0.850. The number of hydrogen-bond acceptors (Lipinski definition) is 5. The van der Waals surface area contributed by atoms with E-state index in [0.717, 1.165) is 28.1 Å². The van der Waals surface area contributed by atoms with Crippen LogP contribution in [0.25, 0.3) is 0 Å². The van der Waals surface area contributed by atoms with Crippen LogP contribution in [0.3, 0.4) is 0 Å². The smallest absolute Gasteiger partial charge is 0.241 e. The van der Waals surface area contributed by atoms with Gasteiger partial charge in [-0.15, -0.1) is 0 Å². The number of likely N-dealkylation sites (tertiary alicyclic amines) is 1. The lowest BCUT2D eigenvalue weighted by molar-refractivity contribution is -0.143. The molecule has 4 rings (SSSR count). The Morgan fingerprint density at radius 2 is 1.97 bits per heavy atom. The van der Waals surface area contributed by atoms with Crippen LogP contribution in [0.2, 0.25) is 0 Å². The first-order valence-corrected chi connectivity index (χ1v) is 10.8. The molecule has 1 aliphatic heterocycles. The van der Waals surface area contributed by atoms with Crippen LogP contribution >= 0.6 is 0 Å². The minimum absolute atomic E-state index is 0.0436. The average Bonchev–Trinajstić information content (AvgIpc) is 3.30. The highest BCUT2D eigenvalue weighted by atomic mass is 16.2. The Kier molecular flexibility index (Phi) is 6.09. The number of hydrogen-bond donors (Lipinski definition) is 1. The van der Waals surface area contributed by atoms with E-state index in [1.807, 2.05) is 50.2 Å². The Morgan fingerprint density at radius 3 is 2.64 bits per heavy atom. The molecular weight excluding hydrogens is 418 g/mol. The number of rotatable bonds is 7. The van der Waals surface area contributed by atoms with E-state index in [1.165, 1.54) is 4.90 Å². The molecule has 3 heterocycles. The largest absolute Gasteiger partial charge is 0.340 e. The van der Waals surface area contributed by atoms with Crippen molar-refractivity contribution in [3.05, 3.63) is 82.9 Å². The lowest BCUT2D eigenvalue weighted by atomic mass is 9.74. The van der Waals surface area contributed by atoms with Gasteiger partial charge in [-0.25, -0.2) is 0 Å². The maximum absolute atomic E-state index is 13.8. The number of nitrogens with one attached hydrogen (secondary N) is 1. The van der Waals surface area contributed by atoms with Crippen LogP contribution in [0.5, 0.6) is 0 Å². The number of carbonyl (C=O) groups excluding carboxylic acids is 3. The van der Waals surface area contributed by atoms with Crippen molar-refractivity contribution < 1.29 is 14.4 Å². The van der Waals surface area contributed by atoms with Crippen LogP contribution in [-0.2, 0) is 32.9 Å². The van der Waals surface area contributed by atoms with Crippen molar-refractivity contribution in [1.82, 2.24) is 25.0 Å². The molecule has 1 saturated heterocycles. The van der Waals surface area contributed by atoms with Crippen molar-refractivity contribution >= 4 is 17.7 Å². The highest BCUT2D eigenvalue weighted by Gasteiger charge is 2.54. The molecule has 0 radical (unpaired) electrons. The second-order valence-electron chi connectivity index (χ2n) is 8.69. The Balaban J connectivity index is 1.65. The van der Waals surface area contributed by atoms with Crippen LogP contribution < -0.4 is 0 Å². The van der Waals surface area contributed by atoms with Gasteiger partial charge in [-0.1, -0.05) is 30.3 Å². The number of H-pyrrole nitrogens is 1. The Hall–Kier alpha value is -3.81. The third-order valence-electron chi connectivity index (χ3n) is 6.17. The van der Waals surface area contributed by atoms with Crippen molar-refractivity contribution in [3.8, 4) is 0 Å². The molecule has 0 aliphatic carbocycles. The predicted octanol–water partition coefficient (Wildman–Crippen LogP) is 2.67. The van der Waals surface area contributed by atoms with Crippen LogP contribution in [0.1, 0.15) is 40.9 Å². The molecule has 1 atom stereocenters. The first-order valence-electron chi connectivity index (χ1n) is 10.8. The highest BCUT2D eigenvalue weighted by molar-refractivity contribution is 6.10. The van der Waals surface area contributed by atoms with E-state index < -0.39 is 5.41 Å². The number of aromatic nitrogens is 3. The van der Waals surface area contributed by atoms with Gasteiger partial charge in [0.15, 0.2) is 0 Å². The third-order valence-corrected chi connectivity index (χ3v) is 6.17. The molecular formula is C25H27N5O3. The summed E-state index contributed by atoms with van der Waals surface area (Å²) in [6, 6.07) is 12.9. The summed E-state index contributed by atoms with van der Waals surface area (Å²) < 4.78 is 0. The van der Waals surface area contributed by atoms with E-state index in [9.17, 15) is 14.4 Å². The van der Waals surface area contributed by atoms with Gasteiger partial charge in [0.25, 0.3) is 0 Å². The summed E-state index contributed by atoms with van der Waals surface area (Å²) >= 11 is 0. The van der Waals surface area contributed by atoms with E-state index in [0.29, 0.717) is 6.54 Å². The maximum Gasteiger partial charge on any atom is 0.241 e. The summed E-state index contributed by atoms with van der Waals surface area (Å²) in [5.41, 5.74) is 2.76. The molecule has 0 saturated carbocycles. The lowest BCUT2D eigenvalue weighted by Crippen LogP contribution is -2.42. The number of imide groups is 1. The van der Waals surface area contributed by atoms with E-state index in [4.69, 9.17) is 0 Å². The number of pyridine rings is 1. The van der Waals surface area contributed by atoms with Crippen LogP contribution in [0.4, 0.5) is 0 Å². The number of benzene rings is 1.